The van der Waals surface area contributed by atoms with Crippen LogP contribution in [0.1, 0.15) is 33.1 Å². The molecule has 1 amide bonds. The Hall–Kier alpha value is -0.610. The SMILES string of the molecule is COCCN1C(C)CN(C(=O)C2CCC2)CC1C. The number of ether oxygens (including phenoxy) is 1. The quantitative estimate of drug-likeness (QED) is 0.759. The van der Waals surface area contributed by atoms with Gasteiger partial charge in [-0.25, -0.2) is 0 Å². The molecule has 0 bridgehead atoms. The van der Waals surface area contributed by atoms with Crippen molar-refractivity contribution in [2.45, 2.75) is 45.2 Å². The minimum atomic E-state index is 0.329. The molecule has 2 rings (SSSR count). The van der Waals surface area contributed by atoms with Crippen molar-refractivity contribution >= 4 is 5.91 Å². The first-order valence-corrected chi connectivity index (χ1v) is 7.17. The first-order valence-electron chi connectivity index (χ1n) is 7.17. The molecule has 0 spiro atoms. The lowest BCUT2D eigenvalue weighted by Crippen LogP contribution is -2.59. The number of amides is 1. The third-order valence-corrected chi connectivity index (χ3v) is 4.42. The Morgan fingerprint density at radius 3 is 2.28 bits per heavy atom. The van der Waals surface area contributed by atoms with Crippen molar-refractivity contribution in [3.63, 3.8) is 0 Å². The van der Waals surface area contributed by atoms with E-state index in [9.17, 15) is 4.79 Å². The first-order chi connectivity index (χ1) is 8.63. The molecular formula is C14H26N2O2. The predicted molar refractivity (Wildman–Crippen MR) is 71.4 cm³/mol. The fraction of sp³-hybridized carbons (Fsp3) is 0.929. The molecule has 2 fully saturated rings. The molecule has 4 heteroatoms. The topological polar surface area (TPSA) is 32.8 Å². The smallest absolute Gasteiger partial charge is 0.225 e. The van der Waals surface area contributed by atoms with Gasteiger partial charge in [-0.2, -0.15) is 0 Å². The number of methoxy groups -OCH3 is 1. The molecule has 0 aromatic rings. The van der Waals surface area contributed by atoms with Crippen molar-refractivity contribution in [1.82, 2.24) is 9.80 Å². The van der Waals surface area contributed by atoms with Crippen molar-refractivity contribution in [2.24, 2.45) is 5.92 Å². The van der Waals surface area contributed by atoms with E-state index in [2.05, 4.69) is 23.6 Å². The fourth-order valence-electron chi connectivity index (χ4n) is 3.09. The number of hydrogen-bond acceptors (Lipinski definition) is 3. The summed E-state index contributed by atoms with van der Waals surface area (Å²) >= 11 is 0. The zero-order valence-electron chi connectivity index (χ0n) is 11.9. The summed E-state index contributed by atoms with van der Waals surface area (Å²) in [5, 5.41) is 0. The zero-order chi connectivity index (χ0) is 13.1. The maximum Gasteiger partial charge on any atom is 0.225 e. The van der Waals surface area contributed by atoms with Crippen molar-refractivity contribution in [3.8, 4) is 0 Å². The molecule has 2 unspecified atom stereocenters. The number of carbonyl (C=O) groups is 1. The van der Waals surface area contributed by atoms with E-state index in [1.807, 2.05) is 0 Å². The van der Waals surface area contributed by atoms with Crippen molar-refractivity contribution in [3.05, 3.63) is 0 Å². The van der Waals surface area contributed by atoms with Crippen molar-refractivity contribution in [2.75, 3.05) is 33.4 Å². The summed E-state index contributed by atoms with van der Waals surface area (Å²) in [4.78, 5) is 16.8. The standard InChI is InChI=1S/C14H26N2O2/c1-11-9-15(14(17)13-5-4-6-13)10-12(2)16(11)7-8-18-3/h11-13H,4-10H2,1-3H3. The fourth-order valence-corrected chi connectivity index (χ4v) is 3.09. The second kappa shape index (κ2) is 6.02. The molecule has 1 aliphatic heterocycles. The van der Waals surface area contributed by atoms with E-state index >= 15 is 0 Å². The average Bonchev–Trinajstić information content (AvgIpc) is 2.25. The summed E-state index contributed by atoms with van der Waals surface area (Å²) in [7, 11) is 1.74. The molecule has 1 aliphatic carbocycles. The summed E-state index contributed by atoms with van der Waals surface area (Å²) in [5.74, 6) is 0.723. The van der Waals surface area contributed by atoms with Gasteiger partial charge < -0.3 is 9.64 Å². The highest BCUT2D eigenvalue weighted by Gasteiger charge is 2.35. The Kier molecular flexibility index (Phi) is 4.62. The van der Waals surface area contributed by atoms with Gasteiger partial charge in [0.05, 0.1) is 6.61 Å². The van der Waals surface area contributed by atoms with E-state index in [-0.39, 0.29) is 0 Å². The summed E-state index contributed by atoms with van der Waals surface area (Å²) in [6, 6.07) is 0.876. The van der Waals surface area contributed by atoms with Gasteiger partial charge in [-0.15, -0.1) is 0 Å². The second-order valence-corrected chi connectivity index (χ2v) is 5.80. The van der Waals surface area contributed by atoms with E-state index in [1.165, 1.54) is 6.42 Å². The van der Waals surface area contributed by atoms with Crippen LogP contribution in [0.3, 0.4) is 0 Å². The molecule has 1 saturated carbocycles. The van der Waals surface area contributed by atoms with Crippen LogP contribution < -0.4 is 0 Å². The largest absolute Gasteiger partial charge is 0.383 e. The molecular weight excluding hydrogens is 228 g/mol. The minimum Gasteiger partial charge on any atom is -0.383 e. The monoisotopic (exact) mass is 254 g/mol. The van der Waals surface area contributed by atoms with Crippen LogP contribution in [-0.4, -0.2) is 61.1 Å². The van der Waals surface area contributed by atoms with Crippen LogP contribution >= 0.6 is 0 Å². The minimum absolute atomic E-state index is 0.329. The Morgan fingerprint density at radius 1 is 1.22 bits per heavy atom. The average molecular weight is 254 g/mol. The van der Waals surface area contributed by atoms with Crippen molar-refractivity contribution < 1.29 is 9.53 Å². The number of nitrogens with zero attached hydrogens (tertiary/aromatic N) is 2. The van der Waals surface area contributed by atoms with Gasteiger partial charge in [0, 0.05) is 44.7 Å². The normalized spacial score (nSPS) is 30.3. The maximum atomic E-state index is 12.3. The van der Waals surface area contributed by atoms with Crippen LogP contribution in [0, 0.1) is 5.92 Å². The summed E-state index contributed by atoms with van der Waals surface area (Å²) in [5.41, 5.74) is 0. The van der Waals surface area contributed by atoms with E-state index in [0.717, 1.165) is 39.1 Å². The first kappa shape index (κ1) is 13.8. The summed E-state index contributed by atoms with van der Waals surface area (Å²) < 4.78 is 5.16. The van der Waals surface area contributed by atoms with E-state index in [0.29, 0.717) is 23.9 Å². The van der Waals surface area contributed by atoms with Crippen LogP contribution in [0.5, 0.6) is 0 Å². The summed E-state index contributed by atoms with van der Waals surface area (Å²) in [6.45, 7) is 7.92. The Labute approximate surface area is 110 Å². The summed E-state index contributed by atoms with van der Waals surface area (Å²) in [6.07, 6.45) is 3.44. The Morgan fingerprint density at radius 2 is 1.83 bits per heavy atom. The molecule has 0 radical (unpaired) electrons. The molecule has 18 heavy (non-hydrogen) atoms. The number of carbonyl (C=O) groups excluding carboxylic acids is 1. The van der Waals surface area contributed by atoms with E-state index < -0.39 is 0 Å². The van der Waals surface area contributed by atoms with Gasteiger partial charge >= 0.3 is 0 Å². The third-order valence-electron chi connectivity index (χ3n) is 4.42. The molecule has 0 N–H and O–H groups in total. The second-order valence-electron chi connectivity index (χ2n) is 5.80. The molecule has 104 valence electrons. The zero-order valence-corrected chi connectivity index (χ0v) is 11.9. The van der Waals surface area contributed by atoms with Crippen LogP contribution in [0.25, 0.3) is 0 Å². The number of piperazine rings is 1. The lowest BCUT2D eigenvalue weighted by molar-refractivity contribution is -0.142. The van der Waals surface area contributed by atoms with Crippen molar-refractivity contribution in [1.29, 1.82) is 0 Å². The number of rotatable bonds is 4. The van der Waals surface area contributed by atoms with E-state index in [1.54, 1.807) is 7.11 Å². The van der Waals surface area contributed by atoms with Gasteiger partial charge in [-0.1, -0.05) is 6.42 Å². The molecule has 1 heterocycles. The van der Waals surface area contributed by atoms with Crippen LogP contribution in [-0.2, 0) is 9.53 Å². The van der Waals surface area contributed by atoms with Gasteiger partial charge in [0.1, 0.15) is 0 Å². The van der Waals surface area contributed by atoms with Gasteiger partial charge in [-0.05, 0) is 26.7 Å². The molecule has 0 aromatic heterocycles. The molecule has 4 nitrogen and oxygen atoms in total. The highest BCUT2D eigenvalue weighted by Crippen LogP contribution is 2.29. The third kappa shape index (κ3) is 2.86. The lowest BCUT2D eigenvalue weighted by Gasteiger charge is -2.46. The highest BCUT2D eigenvalue weighted by atomic mass is 16.5. The van der Waals surface area contributed by atoms with Gasteiger partial charge in [0.25, 0.3) is 0 Å². The van der Waals surface area contributed by atoms with E-state index in [4.69, 9.17) is 4.74 Å². The Balaban J connectivity index is 1.89. The lowest BCUT2D eigenvalue weighted by atomic mass is 9.84. The van der Waals surface area contributed by atoms with Crippen LogP contribution in [0.2, 0.25) is 0 Å². The van der Waals surface area contributed by atoms with Gasteiger partial charge in [0.2, 0.25) is 5.91 Å². The van der Waals surface area contributed by atoms with Gasteiger partial charge in [-0.3, -0.25) is 9.69 Å². The van der Waals surface area contributed by atoms with Crippen LogP contribution in [0.4, 0.5) is 0 Å². The molecule has 1 saturated heterocycles. The predicted octanol–water partition coefficient (Wildman–Crippen LogP) is 1.35. The van der Waals surface area contributed by atoms with Gasteiger partial charge in [0.15, 0.2) is 0 Å². The van der Waals surface area contributed by atoms with Crippen LogP contribution in [0.15, 0.2) is 0 Å². The highest BCUT2D eigenvalue weighted by molar-refractivity contribution is 5.79. The molecule has 0 aromatic carbocycles. The Bertz CT molecular complexity index is 280. The number of hydrogen-bond donors (Lipinski definition) is 0. The molecule has 2 atom stereocenters. The molecule has 2 aliphatic rings. The maximum absolute atomic E-state index is 12.3.